The maximum absolute atomic E-state index is 13.1. The monoisotopic (exact) mass is 408 g/mol. The second-order valence-corrected chi connectivity index (χ2v) is 6.31. The summed E-state index contributed by atoms with van der Waals surface area (Å²) >= 11 is 0. The number of likely N-dealkylation sites (N-methyl/N-ethyl adjacent to an activating group) is 1. The van der Waals surface area contributed by atoms with E-state index in [1.54, 1.807) is 31.2 Å². The van der Waals surface area contributed by atoms with Crippen LogP contribution in [-0.2, 0) is 15.8 Å². The maximum atomic E-state index is 13.1. The lowest BCUT2D eigenvalue weighted by atomic mass is 10.1. The molecular weight excluding hydrogens is 389 g/mol. The molecule has 0 aromatic heterocycles. The number of amides is 2. The van der Waals surface area contributed by atoms with Crippen molar-refractivity contribution in [1.29, 1.82) is 0 Å². The molecule has 1 atom stereocenters. The number of carbonyl (C=O) groups excluding carboxylic acids is 2. The maximum Gasteiger partial charge on any atom is 0.418 e. The number of anilines is 1. The molecule has 0 saturated heterocycles. The highest BCUT2D eigenvalue weighted by Crippen LogP contribution is 2.34. The van der Waals surface area contributed by atoms with E-state index >= 15 is 0 Å². The molecule has 0 saturated carbocycles. The first-order valence-corrected chi connectivity index (χ1v) is 8.93. The molecule has 1 heterocycles. The Morgan fingerprint density at radius 2 is 1.76 bits per heavy atom. The lowest BCUT2D eigenvalue weighted by Gasteiger charge is -2.30. The second kappa shape index (κ2) is 8.42. The first kappa shape index (κ1) is 20.5. The standard InChI is InChI=1S/C20H19F3N2O4/c1-2-25(19(27)17-12-28-15-9-5-6-10-16(15)29-17)11-18(26)24-14-8-4-3-7-13(14)20(21,22)23/h3-10,17H,2,11-12H2,1H3,(H,24,26)/t17-/m0/s1. The van der Waals surface area contributed by atoms with Gasteiger partial charge in [0.2, 0.25) is 12.0 Å². The average molecular weight is 408 g/mol. The van der Waals surface area contributed by atoms with Crippen LogP contribution in [0.25, 0.3) is 0 Å². The van der Waals surface area contributed by atoms with Gasteiger partial charge in [0.1, 0.15) is 6.61 Å². The number of alkyl halides is 3. The van der Waals surface area contributed by atoms with Gasteiger partial charge in [-0.05, 0) is 31.2 Å². The molecule has 0 unspecified atom stereocenters. The van der Waals surface area contributed by atoms with Gasteiger partial charge in [-0.3, -0.25) is 9.59 Å². The van der Waals surface area contributed by atoms with Crippen molar-refractivity contribution in [1.82, 2.24) is 4.90 Å². The Bertz CT molecular complexity index is 901. The van der Waals surface area contributed by atoms with Crippen LogP contribution in [0.3, 0.4) is 0 Å². The molecule has 2 aromatic carbocycles. The van der Waals surface area contributed by atoms with E-state index in [4.69, 9.17) is 9.47 Å². The van der Waals surface area contributed by atoms with Crippen molar-refractivity contribution in [2.75, 3.05) is 25.0 Å². The summed E-state index contributed by atoms with van der Waals surface area (Å²) in [5.41, 5.74) is -1.32. The Balaban J connectivity index is 1.66. The minimum absolute atomic E-state index is 0.0229. The van der Waals surface area contributed by atoms with Gasteiger partial charge in [-0.1, -0.05) is 24.3 Å². The normalized spacial score (nSPS) is 15.5. The highest BCUT2D eigenvalue weighted by Gasteiger charge is 2.34. The van der Waals surface area contributed by atoms with Crippen LogP contribution >= 0.6 is 0 Å². The van der Waals surface area contributed by atoms with E-state index in [2.05, 4.69) is 5.32 Å². The van der Waals surface area contributed by atoms with Crippen molar-refractivity contribution in [3.05, 3.63) is 54.1 Å². The van der Waals surface area contributed by atoms with Crippen molar-refractivity contribution in [2.24, 2.45) is 0 Å². The molecule has 1 aliphatic rings. The third-order valence-corrected chi connectivity index (χ3v) is 4.32. The SMILES string of the molecule is CCN(CC(=O)Nc1ccccc1C(F)(F)F)C(=O)[C@@H]1COc2ccccc2O1. The predicted molar refractivity (Wildman–Crippen MR) is 98.7 cm³/mol. The third-order valence-electron chi connectivity index (χ3n) is 4.32. The predicted octanol–water partition coefficient (Wildman–Crippen LogP) is 3.33. The van der Waals surface area contributed by atoms with E-state index < -0.39 is 36.2 Å². The second-order valence-electron chi connectivity index (χ2n) is 6.31. The molecule has 0 fully saturated rings. The lowest BCUT2D eigenvalue weighted by Crippen LogP contribution is -2.48. The molecule has 1 aliphatic heterocycles. The molecule has 0 spiro atoms. The van der Waals surface area contributed by atoms with Gasteiger partial charge in [0.05, 0.1) is 17.8 Å². The van der Waals surface area contributed by atoms with E-state index in [1.165, 1.54) is 17.0 Å². The summed E-state index contributed by atoms with van der Waals surface area (Å²) in [5.74, 6) is -0.298. The molecule has 154 valence electrons. The van der Waals surface area contributed by atoms with Crippen molar-refractivity contribution in [2.45, 2.75) is 19.2 Å². The number of rotatable bonds is 5. The van der Waals surface area contributed by atoms with Crippen LogP contribution < -0.4 is 14.8 Å². The summed E-state index contributed by atoms with van der Waals surface area (Å²) in [7, 11) is 0. The fourth-order valence-electron chi connectivity index (χ4n) is 2.89. The number of para-hydroxylation sites is 3. The Morgan fingerprint density at radius 3 is 2.45 bits per heavy atom. The van der Waals surface area contributed by atoms with Crippen LogP contribution in [0.1, 0.15) is 12.5 Å². The molecule has 29 heavy (non-hydrogen) atoms. The summed E-state index contributed by atoms with van der Waals surface area (Å²) < 4.78 is 50.4. The zero-order chi connectivity index (χ0) is 21.0. The molecule has 0 aliphatic carbocycles. The highest BCUT2D eigenvalue weighted by atomic mass is 19.4. The topological polar surface area (TPSA) is 67.9 Å². The number of ether oxygens (including phenoxy) is 2. The summed E-state index contributed by atoms with van der Waals surface area (Å²) in [6.45, 7) is 1.40. The number of halogens is 3. The smallest absolute Gasteiger partial charge is 0.418 e. The Morgan fingerprint density at radius 1 is 1.10 bits per heavy atom. The summed E-state index contributed by atoms with van der Waals surface area (Å²) in [6.07, 6.45) is -5.55. The van der Waals surface area contributed by atoms with Crippen LogP contribution in [0.4, 0.5) is 18.9 Å². The van der Waals surface area contributed by atoms with Gasteiger partial charge in [-0.2, -0.15) is 13.2 Å². The van der Waals surface area contributed by atoms with E-state index in [-0.39, 0.29) is 18.8 Å². The average Bonchev–Trinajstić information content (AvgIpc) is 2.70. The van der Waals surface area contributed by atoms with Crippen LogP contribution in [0.2, 0.25) is 0 Å². The fourth-order valence-corrected chi connectivity index (χ4v) is 2.89. The van der Waals surface area contributed by atoms with Crippen LogP contribution in [0, 0.1) is 0 Å². The summed E-state index contributed by atoms with van der Waals surface area (Å²) in [5, 5.41) is 2.23. The van der Waals surface area contributed by atoms with Gasteiger partial charge < -0.3 is 19.7 Å². The van der Waals surface area contributed by atoms with Gasteiger partial charge >= 0.3 is 6.18 Å². The molecular formula is C20H19F3N2O4. The number of hydrogen-bond acceptors (Lipinski definition) is 4. The Hall–Kier alpha value is -3.23. The molecule has 2 amide bonds. The summed E-state index contributed by atoms with van der Waals surface area (Å²) in [6, 6.07) is 11.5. The van der Waals surface area contributed by atoms with Gasteiger partial charge in [0.25, 0.3) is 5.91 Å². The molecule has 2 aromatic rings. The highest BCUT2D eigenvalue weighted by molar-refractivity contribution is 5.95. The van der Waals surface area contributed by atoms with Crippen LogP contribution in [0.5, 0.6) is 11.5 Å². The Kier molecular flexibility index (Phi) is 5.95. The lowest BCUT2D eigenvalue weighted by molar-refractivity contribution is -0.143. The van der Waals surface area contributed by atoms with Gasteiger partial charge in [-0.25, -0.2) is 0 Å². The van der Waals surface area contributed by atoms with Crippen LogP contribution in [0.15, 0.2) is 48.5 Å². The first-order valence-electron chi connectivity index (χ1n) is 8.93. The summed E-state index contributed by atoms with van der Waals surface area (Å²) in [4.78, 5) is 26.2. The quantitative estimate of drug-likeness (QED) is 0.824. The van der Waals surface area contributed by atoms with Crippen molar-refractivity contribution in [3.8, 4) is 11.5 Å². The zero-order valence-electron chi connectivity index (χ0n) is 15.5. The van der Waals surface area contributed by atoms with Gasteiger partial charge in [0.15, 0.2) is 11.5 Å². The van der Waals surface area contributed by atoms with Crippen molar-refractivity contribution < 1.29 is 32.2 Å². The third kappa shape index (κ3) is 4.79. The number of nitrogens with zero attached hydrogens (tertiary/aromatic N) is 1. The van der Waals surface area contributed by atoms with E-state index in [1.807, 2.05) is 0 Å². The van der Waals surface area contributed by atoms with E-state index in [0.29, 0.717) is 11.5 Å². The molecule has 1 N–H and O–H groups in total. The van der Waals surface area contributed by atoms with Crippen molar-refractivity contribution in [3.63, 3.8) is 0 Å². The molecule has 9 heteroatoms. The number of hydrogen-bond donors (Lipinski definition) is 1. The molecule has 0 radical (unpaired) electrons. The minimum atomic E-state index is -4.61. The largest absolute Gasteiger partial charge is 0.485 e. The van der Waals surface area contributed by atoms with Crippen molar-refractivity contribution >= 4 is 17.5 Å². The number of fused-ring (bicyclic) bond motifs is 1. The van der Waals surface area contributed by atoms with E-state index in [0.717, 1.165) is 12.1 Å². The minimum Gasteiger partial charge on any atom is -0.485 e. The van der Waals surface area contributed by atoms with Crippen LogP contribution in [-0.4, -0.2) is 42.5 Å². The van der Waals surface area contributed by atoms with Gasteiger partial charge in [0, 0.05) is 6.54 Å². The fraction of sp³-hybridized carbons (Fsp3) is 0.300. The first-order chi connectivity index (χ1) is 13.8. The Labute approximate surface area is 165 Å². The number of benzene rings is 2. The molecule has 0 bridgehead atoms. The molecule has 6 nitrogen and oxygen atoms in total. The van der Waals surface area contributed by atoms with Gasteiger partial charge in [-0.15, -0.1) is 0 Å². The zero-order valence-corrected chi connectivity index (χ0v) is 15.5. The molecule has 3 rings (SSSR count). The number of carbonyl (C=O) groups is 2. The number of nitrogens with one attached hydrogen (secondary N) is 1. The van der Waals surface area contributed by atoms with E-state index in [9.17, 15) is 22.8 Å².